The lowest BCUT2D eigenvalue weighted by Gasteiger charge is -2.14. The van der Waals surface area contributed by atoms with Crippen LogP contribution in [-0.4, -0.2) is 58.2 Å². The zero-order valence-corrected chi connectivity index (χ0v) is 15.7. The fraction of sp³-hybridized carbons (Fsp3) is 0.438. The molecule has 1 heterocycles. The normalized spacial score (nSPS) is 16.5. The van der Waals surface area contributed by atoms with Gasteiger partial charge in [-0.3, -0.25) is 9.80 Å². The van der Waals surface area contributed by atoms with Crippen LogP contribution in [0, 0.1) is 5.92 Å². The van der Waals surface area contributed by atoms with Gasteiger partial charge in [-0.2, -0.15) is 5.10 Å². The van der Waals surface area contributed by atoms with E-state index in [0.29, 0.717) is 22.4 Å². The van der Waals surface area contributed by atoms with E-state index in [2.05, 4.69) is 10.4 Å². The van der Waals surface area contributed by atoms with Crippen LogP contribution in [-0.2, 0) is 19.1 Å². The number of amides is 1. The summed E-state index contributed by atoms with van der Waals surface area (Å²) in [5.41, 5.74) is 0.237. The number of hydrogen-bond acceptors (Lipinski definition) is 6. The molecule has 1 aromatic carbocycles. The highest BCUT2D eigenvalue weighted by molar-refractivity contribution is 6.58. The molecule has 0 saturated heterocycles. The summed E-state index contributed by atoms with van der Waals surface area (Å²) in [7, 11) is 4.93. The molecule has 1 unspecified atom stereocenters. The first kappa shape index (κ1) is 20.7. The average molecular weight is 398 g/mol. The van der Waals surface area contributed by atoms with E-state index in [0.717, 1.165) is 5.69 Å². The molecule has 26 heavy (non-hydrogen) atoms. The number of ether oxygens (including phenoxy) is 2. The average Bonchev–Trinajstić information content (AvgIpc) is 2.94. The Hall–Kier alpha value is -1.61. The minimum absolute atomic E-state index is 0.0345. The summed E-state index contributed by atoms with van der Waals surface area (Å²) < 4.78 is 10.1. The lowest BCUT2D eigenvalue weighted by Crippen LogP contribution is -2.36. The molecule has 0 saturated carbocycles. The molecule has 138 valence electrons. The van der Waals surface area contributed by atoms with Gasteiger partial charge in [0.25, 0.3) is 5.91 Å². The van der Waals surface area contributed by atoms with Crippen LogP contribution in [0.2, 0.25) is 10.0 Å². The largest absolute Gasteiger partial charge is 0.372 e. The van der Waals surface area contributed by atoms with Crippen molar-refractivity contribution in [2.45, 2.75) is 6.92 Å². The second-order valence-electron chi connectivity index (χ2n) is 5.69. The first-order valence-electron chi connectivity index (χ1n) is 7.91. The van der Waals surface area contributed by atoms with E-state index in [1.165, 1.54) is 0 Å². The van der Waals surface area contributed by atoms with Crippen LogP contribution < -0.4 is 10.3 Å². The van der Waals surface area contributed by atoms with Gasteiger partial charge in [-0.1, -0.05) is 30.1 Å². The maximum atomic E-state index is 11.9. The van der Waals surface area contributed by atoms with Crippen molar-refractivity contribution in [2.75, 3.05) is 38.0 Å². The summed E-state index contributed by atoms with van der Waals surface area (Å²) >= 11 is 12.0. The Balaban J connectivity index is 1.79. The first-order valence-corrected chi connectivity index (χ1v) is 8.67. The SMILES string of the molecule is [B]C(=O)COCCOCC(=O)NC1=NN(c2ccc(Cl)c(Cl)c2)CC1C. The van der Waals surface area contributed by atoms with Crippen molar-refractivity contribution in [3.8, 4) is 0 Å². The highest BCUT2D eigenvalue weighted by Crippen LogP contribution is 2.29. The molecule has 1 amide bonds. The molecule has 1 aliphatic heterocycles. The summed E-state index contributed by atoms with van der Waals surface area (Å²) in [6, 6.07) is 5.23. The van der Waals surface area contributed by atoms with Gasteiger partial charge in [-0.15, -0.1) is 0 Å². The van der Waals surface area contributed by atoms with Crippen LogP contribution >= 0.6 is 23.2 Å². The number of halogens is 2. The van der Waals surface area contributed by atoms with Crippen LogP contribution in [0.3, 0.4) is 0 Å². The number of carbonyl (C=O) groups excluding carboxylic acids is 2. The van der Waals surface area contributed by atoms with Gasteiger partial charge in [0.2, 0.25) is 0 Å². The standard InChI is InChI=1S/C16H18BCl2N3O4/c1-10-7-22(11-2-3-12(18)13(19)6-11)21-16(10)20-15(24)9-26-5-4-25-8-14(17)23/h2-3,6,10H,4-5,7-9H2,1H3,(H,20,21,24). The van der Waals surface area contributed by atoms with Crippen LogP contribution in [0.15, 0.2) is 23.3 Å². The van der Waals surface area contributed by atoms with Crippen molar-refractivity contribution >= 4 is 54.2 Å². The molecular formula is C16H18BCl2N3O4. The van der Waals surface area contributed by atoms with E-state index in [1.54, 1.807) is 17.1 Å². The number of amidine groups is 1. The molecule has 10 heteroatoms. The topological polar surface area (TPSA) is 80.2 Å². The molecule has 7 nitrogen and oxygen atoms in total. The lowest BCUT2D eigenvalue weighted by molar-refractivity contribution is -0.125. The Morgan fingerprint density at radius 3 is 2.62 bits per heavy atom. The fourth-order valence-electron chi connectivity index (χ4n) is 2.21. The Bertz CT molecular complexity index is 702. The van der Waals surface area contributed by atoms with E-state index in [1.807, 2.05) is 13.0 Å². The van der Waals surface area contributed by atoms with Crippen molar-refractivity contribution in [2.24, 2.45) is 11.0 Å². The molecule has 0 spiro atoms. The lowest BCUT2D eigenvalue weighted by atomic mass is 10.1. The molecule has 0 fully saturated rings. The quantitative estimate of drug-likeness (QED) is 0.532. The third kappa shape index (κ3) is 6.28. The highest BCUT2D eigenvalue weighted by atomic mass is 35.5. The van der Waals surface area contributed by atoms with Gasteiger partial charge in [0.1, 0.15) is 18.1 Å². The molecule has 2 radical (unpaired) electrons. The maximum absolute atomic E-state index is 11.9. The monoisotopic (exact) mass is 397 g/mol. The fourth-order valence-corrected chi connectivity index (χ4v) is 2.50. The van der Waals surface area contributed by atoms with Crippen molar-refractivity contribution in [3.63, 3.8) is 0 Å². The molecule has 0 bridgehead atoms. The third-order valence-corrected chi connectivity index (χ3v) is 4.20. The predicted molar refractivity (Wildman–Crippen MR) is 101 cm³/mol. The van der Waals surface area contributed by atoms with E-state index < -0.39 is 5.68 Å². The number of carbonyl (C=O) groups is 2. The highest BCUT2D eigenvalue weighted by Gasteiger charge is 2.25. The number of nitrogens with one attached hydrogen (secondary N) is 1. The molecule has 1 aromatic rings. The molecule has 2 rings (SSSR count). The first-order chi connectivity index (χ1) is 12.4. The Morgan fingerprint density at radius 2 is 1.96 bits per heavy atom. The van der Waals surface area contributed by atoms with Gasteiger partial charge in [0, 0.05) is 5.92 Å². The van der Waals surface area contributed by atoms with Crippen LogP contribution in [0.1, 0.15) is 6.92 Å². The van der Waals surface area contributed by atoms with Crippen LogP contribution in [0.25, 0.3) is 0 Å². The van der Waals surface area contributed by atoms with E-state index in [9.17, 15) is 9.59 Å². The summed E-state index contributed by atoms with van der Waals surface area (Å²) in [4.78, 5) is 22.4. The van der Waals surface area contributed by atoms with Crippen molar-refractivity contribution in [3.05, 3.63) is 28.2 Å². The molecule has 1 aliphatic rings. The van der Waals surface area contributed by atoms with Crippen LogP contribution in [0.5, 0.6) is 0 Å². The second kappa shape index (κ2) is 9.92. The molecule has 1 N–H and O–H groups in total. The second-order valence-corrected chi connectivity index (χ2v) is 6.50. The number of benzene rings is 1. The number of hydrazone groups is 1. The summed E-state index contributed by atoms with van der Waals surface area (Å²) in [5.74, 6) is 0.267. The van der Waals surface area contributed by atoms with Gasteiger partial charge < -0.3 is 19.6 Å². The minimum Gasteiger partial charge on any atom is -0.372 e. The zero-order chi connectivity index (χ0) is 19.1. The Kier molecular flexibility index (Phi) is 7.90. The van der Waals surface area contributed by atoms with Crippen LogP contribution in [0.4, 0.5) is 5.69 Å². The molecule has 0 aliphatic carbocycles. The van der Waals surface area contributed by atoms with Crippen molar-refractivity contribution < 1.29 is 19.1 Å². The smallest absolute Gasteiger partial charge is 0.251 e. The summed E-state index contributed by atoms with van der Waals surface area (Å²) in [5, 5.41) is 9.81. The molecule has 1 atom stereocenters. The van der Waals surface area contributed by atoms with Gasteiger partial charge in [-0.25, -0.2) is 0 Å². The van der Waals surface area contributed by atoms with E-state index >= 15 is 0 Å². The van der Waals surface area contributed by atoms with Gasteiger partial charge in [-0.05, 0) is 18.2 Å². The van der Waals surface area contributed by atoms with Crippen molar-refractivity contribution in [1.29, 1.82) is 0 Å². The van der Waals surface area contributed by atoms with E-state index in [4.69, 9.17) is 40.5 Å². The predicted octanol–water partition coefficient (Wildman–Crippen LogP) is 1.61. The Morgan fingerprint density at radius 1 is 1.27 bits per heavy atom. The number of nitrogens with zero attached hydrogens (tertiary/aromatic N) is 2. The minimum atomic E-state index is -0.553. The molecule has 0 aromatic heterocycles. The number of rotatable bonds is 8. The zero-order valence-electron chi connectivity index (χ0n) is 14.2. The Labute approximate surface area is 163 Å². The maximum Gasteiger partial charge on any atom is 0.251 e. The third-order valence-electron chi connectivity index (χ3n) is 3.46. The summed E-state index contributed by atoms with van der Waals surface area (Å²) in [6.07, 6.45) is 0. The van der Waals surface area contributed by atoms with Gasteiger partial charge in [0.15, 0.2) is 7.85 Å². The summed E-state index contributed by atoms with van der Waals surface area (Å²) in [6.45, 7) is 2.61. The van der Waals surface area contributed by atoms with Gasteiger partial charge in [0.05, 0.1) is 42.1 Å². The molecular weight excluding hydrogens is 380 g/mol. The number of hydrogen-bond donors (Lipinski definition) is 1. The van der Waals surface area contributed by atoms with Gasteiger partial charge >= 0.3 is 0 Å². The van der Waals surface area contributed by atoms with Crippen molar-refractivity contribution in [1.82, 2.24) is 5.32 Å². The van der Waals surface area contributed by atoms with E-state index in [-0.39, 0.29) is 38.3 Å². The number of anilines is 1.